The van der Waals surface area contributed by atoms with E-state index in [0.717, 1.165) is 6.26 Å². The highest BCUT2D eigenvalue weighted by Gasteiger charge is 2.13. The highest BCUT2D eigenvalue weighted by molar-refractivity contribution is 7.90. The van der Waals surface area contributed by atoms with Crippen LogP contribution in [0.4, 0.5) is 0 Å². The summed E-state index contributed by atoms with van der Waals surface area (Å²) in [5.41, 5.74) is 6.07. The summed E-state index contributed by atoms with van der Waals surface area (Å²) in [6.07, 6.45) is 1.64. The van der Waals surface area contributed by atoms with Gasteiger partial charge in [0.2, 0.25) is 0 Å². The minimum Gasteiger partial charge on any atom is -0.330 e. The Balaban J connectivity index is 3.32. The fourth-order valence-electron chi connectivity index (χ4n) is 1.18. The molecule has 0 bridgehead atoms. The zero-order chi connectivity index (χ0) is 11.6. The van der Waals surface area contributed by atoms with Crippen molar-refractivity contribution in [3.8, 4) is 0 Å². The molecule has 1 rings (SSSR count). The smallest absolute Gasteiger partial charge is 0.175 e. The number of hydrogen-bond acceptors (Lipinski definition) is 3. The average Bonchev–Trinajstić information content (AvgIpc) is 2.09. The van der Waals surface area contributed by atoms with Gasteiger partial charge in [0, 0.05) is 16.3 Å². The maximum atomic E-state index is 11.3. The van der Waals surface area contributed by atoms with Crippen LogP contribution in [0.3, 0.4) is 0 Å². The third-order valence-corrected chi connectivity index (χ3v) is 3.70. The van der Waals surface area contributed by atoms with Crippen LogP contribution in [0.15, 0.2) is 17.0 Å². The van der Waals surface area contributed by atoms with E-state index in [1.807, 2.05) is 0 Å². The minimum absolute atomic E-state index is 0.123. The van der Waals surface area contributed by atoms with Gasteiger partial charge in [-0.2, -0.15) is 0 Å². The summed E-state index contributed by atoms with van der Waals surface area (Å²) in [6.45, 7) is 0.414. The maximum absolute atomic E-state index is 11.3. The predicted molar refractivity (Wildman–Crippen MR) is 62.3 cm³/mol. The second kappa shape index (κ2) is 4.70. The zero-order valence-corrected chi connectivity index (χ0v) is 10.5. The van der Waals surface area contributed by atoms with Gasteiger partial charge in [-0.3, -0.25) is 0 Å². The van der Waals surface area contributed by atoms with Gasteiger partial charge in [0.05, 0.1) is 4.90 Å². The summed E-state index contributed by atoms with van der Waals surface area (Å²) in [4.78, 5) is 0.123. The number of rotatable bonds is 3. The van der Waals surface area contributed by atoms with Gasteiger partial charge in [-0.25, -0.2) is 8.42 Å². The quantitative estimate of drug-likeness (QED) is 0.910. The molecule has 0 aliphatic heterocycles. The van der Waals surface area contributed by atoms with E-state index in [2.05, 4.69) is 0 Å². The Morgan fingerprint density at radius 1 is 1.27 bits per heavy atom. The highest BCUT2D eigenvalue weighted by atomic mass is 35.5. The van der Waals surface area contributed by atoms with E-state index in [9.17, 15) is 8.42 Å². The molecular formula is C9H11Cl2NO2S. The van der Waals surface area contributed by atoms with Crippen LogP contribution < -0.4 is 5.73 Å². The van der Waals surface area contributed by atoms with E-state index in [1.54, 1.807) is 0 Å². The lowest BCUT2D eigenvalue weighted by atomic mass is 10.1. The average molecular weight is 268 g/mol. The summed E-state index contributed by atoms with van der Waals surface area (Å²) in [6, 6.07) is 2.79. The van der Waals surface area contributed by atoms with Crippen molar-refractivity contribution >= 4 is 33.0 Å². The summed E-state index contributed by atoms with van der Waals surface area (Å²) in [5, 5.41) is 0.682. The fraction of sp³-hybridized carbons (Fsp3) is 0.333. The first kappa shape index (κ1) is 12.8. The molecule has 0 heterocycles. The van der Waals surface area contributed by atoms with Gasteiger partial charge in [-0.05, 0) is 30.7 Å². The molecule has 15 heavy (non-hydrogen) atoms. The predicted octanol–water partition coefficient (Wildman–Crippen LogP) is 1.90. The van der Waals surface area contributed by atoms with Crippen LogP contribution in [0.5, 0.6) is 0 Å². The lowest BCUT2D eigenvalue weighted by Crippen LogP contribution is -2.05. The summed E-state index contributed by atoms with van der Waals surface area (Å²) in [5.74, 6) is 0. The molecule has 0 spiro atoms. The standard InChI is InChI=1S/C9H11Cl2NO2S/c1-15(13,14)6-4-8(10)7(2-3-12)9(11)5-6/h4-5H,2-3,12H2,1H3. The Morgan fingerprint density at radius 3 is 2.07 bits per heavy atom. The number of nitrogens with two attached hydrogens (primary N) is 1. The van der Waals surface area contributed by atoms with E-state index >= 15 is 0 Å². The van der Waals surface area contributed by atoms with Crippen molar-refractivity contribution < 1.29 is 8.42 Å². The lowest BCUT2D eigenvalue weighted by molar-refractivity contribution is 0.602. The molecule has 0 fully saturated rings. The third kappa shape index (κ3) is 3.08. The minimum atomic E-state index is -3.28. The van der Waals surface area contributed by atoms with Crippen molar-refractivity contribution in [1.82, 2.24) is 0 Å². The molecule has 0 aliphatic rings. The molecule has 1 aromatic rings. The van der Waals surface area contributed by atoms with Gasteiger partial charge in [0.15, 0.2) is 9.84 Å². The second-order valence-electron chi connectivity index (χ2n) is 3.18. The van der Waals surface area contributed by atoms with E-state index in [4.69, 9.17) is 28.9 Å². The van der Waals surface area contributed by atoms with Crippen LogP contribution in [0.1, 0.15) is 5.56 Å². The van der Waals surface area contributed by atoms with Gasteiger partial charge >= 0.3 is 0 Å². The molecule has 0 aliphatic carbocycles. The molecule has 84 valence electrons. The van der Waals surface area contributed by atoms with Crippen molar-refractivity contribution in [2.45, 2.75) is 11.3 Å². The molecule has 0 amide bonds. The van der Waals surface area contributed by atoms with Crippen molar-refractivity contribution in [2.75, 3.05) is 12.8 Å². The largest absolute Gasteiger partial charge is 0.330 e. The van der Waals surface area contributed by atoms with Gasteiger partial charge in [0.1, 0.15) is 0 Å². The Kier molecular flexibility index (Phi) is 4.00. The molecule has 3 nitrogen and oxygen atoms in total. The van der Waals surface area contributed by atoms with Crippen LogP contribution in [0.25, 0.3) is 0 Å². The normalized spacial score (nSPS) is 11.7. The van der Waals surface area contributed by atoms with Gasteiger partial charge in [-0.15, -0.1) is 0 Å². The first-order valence-corrected chi connectivity index (χ1v) is 6.89. The summed E-state index contributed by atoms with van der Waals surface area (Å²) >= 11 is 11.8. The van der Waals surface area contributed by atoms with Crippen molar-refractivity contribution in [2.24, 2.45) is 5.73 Å². The number of sulfone groups is 1. The lowest BCUT2D eigenvalue weighted by Gasteiger charge is -2.07. The van der Waals surface area contributed by atoms with Crippen LogP contribution in [0, 0.1) is 0 Å². The molecule has 1 aromatic carbocycles. The second-order valence-corrected chi connectivity index (χ2v) is 6.01. The van der Waals surface area contributed by atoms with Gasteiger partial charge < -0.3 is 5.73 Å². The highest BCUT2D eigenvalue weighted by Crippen LogP contribution is 2.28. The Morgan fingerprint density at radius 2 is 1.73 bits per heavy atom. The van der Waals surface area contributed by atoms with E-state index in [-0.39, 0.29) is 4.90 Å². The van der Waals surface area contributed by atoms with Crippen LogP contribution in [-0.4, -0.2) is 21.2 Å². The fourth-order valence-corrected chi connectivity index (χ4v) is 2.65. The van der Waals surface area contributed by atoms with E-state index in [0.29, 0.717) is 28.6 Å². The van der Waals surface area contributed by atoms with E-state index < -0.39 is 9.84 Å². The SMILES string of the molecule is CS(=O)(=O)c1cc(Cl)c(CCN)c(Cl)c1. The molecule has 6 heteroatoms. The molecule has 0 atom stereocenters. The number of hydrogen-bond donors (Lipinski definition) is 1. The number of halogens is 2. The Bertz CT molecular complexity index is 448. The molecule has 0 saturated carbocycles. The van der Waals surface area contributed by atoms with Crippen LogP contribution >= 0.6 is 23.2 Å². The Hall–Kier alpha value is -0.290. The summed E-state index contributed by atoms with van der Waals surface area (Å²) in [7, 11) is -3.28. The monoisotopic (exact) mass is 267 g/mol. The van der Waals surface area contributed by atoms with Crippen LogP contribution in [-0.2, 0) is 16.3 Å². The third-order valence-electron chi connectivity index (χ3n) is 1.94. The van der Waals surface area contributed by atoms with Crippen LogP contribution in [0.2, 0.25) is 10.0 Å². The first-order chi connectivity index (χ1) is 6.86. The molecule has 0 aromatic heterocycles. The molecule has 2 N–H and O–H groups in total. The van der Waals surface area contributed by atoms with Crippen molar-refractivity contribution in [3.05, 3.63) is 27.7 Å². The summed E-state index contributed by atoms with van der Waals surface area (Å²) < 4.78 is 22.5. The number of benzene rings is 1. The van der Waals surface area contributed by atoms with Crippen molar-refractivity contribution in [3.63, 3.8) is 0 Å². The molecule has 0 saturated heterocycles. The zero-order valence-electron chi connectivity index (χ0n) is 8.13. The Labute approximate surface area is 99.1 Å². The molecule has 0 radical (unpaired) electrons. The molecule has 0 unspecified atom stereocenters. The maximum Gasteiger partial charge on any atom is 0.175 e. The first-order valence-electron chi connectivity index (χ1n) is 4.24. The van der Waals surface area contributed by atoms with Gasteiger partial charge in [-0.1, -0.05) is 23.2 Å². The van der Waals surface area contributed by atoms with Gasteiger partial charge in [0.25, 0.3) is 0 Å². The van der Waals surface area contributed by atoms with E-state index in [1.165, 1.54) is 12.1 Å². The topological polar surface area (TPSA) is 60.2 Å². The van der Waals surface area contributed by atoms with Crippen molar-refractivity contribution in [1.29, 1.82) is 0 Å². The molecular weight excluding hydrogens is 257 g/mol.